The van der Waals surface area contributed by atoms with Crippen LogP contribution in [0.3, 0.4) is 0 Å². The van der Waals surface area contributed by atoms with E-state index in [-0.39, 0.29) is 18.3 Å². The largest absolute Gasteiger partial charge is 0.399 e. The van der Waals surface area contributed by atoms with Crippen molar-refractivity contribution in [1.29, 1.82) is 0 Å². The molecule has 0 bridgehead atoms. The minimum absolute atomic E-state index is 0. The molecule has 1 rings (SSSR count). The Bertz CT molecular complexity index is 446. The number of carbonyl (C=O) groups is 1. The number of aryl methyl sites for hydroxylation is 1. The lowest BCUT2D eigenvalue weighted by molar-refractivity contribution is 0.0792. The molecule has 20 heavy (non-hydrogen) atoms. The van der Waals surface area contributed by atoms with Gasteiger partial charge in [-0.05, 0) is 43.9 Å². The second-order valence-electron chi connectivity index (χ2n) is 4.94. The molecule has 0 aliphatic rings. The number of rotatable bonds is 7. The van der Waals surface area contributed by atoms with Crippen LogP contribution in [-0.2, 0) is 0 Å². The van der Waals surface area contributed by atoms with Crippen molar-refractivity contribution in [2.75, 3.05) is 19.3 Å². The van der Waals surface area contributed by atoms with Crippen molar-refractivity contribution in [2.24, 2.45) is 0 Å². The van der Waals surface area contributed by atoms with Crippen LogP contribution in [0, 0.1) is 6.92 Å². The molecule has 0 atom stereocenters. The summed E-state index contributed by atoms with van der Waals surface area (Å²) in [5, 5.41) is 0. The first-order chi connectivity index (χ1) is 9.06. The number of hydrogen-bond donors (Lipinski definition) is 1. The summed E-state index contributed by atoms with van der Waals surface area (Å²) in [6, 6.07) is 5.47. The van der Waals surface area contributed by atoms with E-state index < -0.39 is 0 Å². The number of nitrogen functional groups attached to an aromatic ring is 1. The lowest BCUT2D eigenvalue weighted by atomic mass is 10.1. The van der Waals surface area contributed by atoms with Crippen LogP contribution in [0.1, 0.15) is 41.6 Å². The monoisotopic (exact) mass is 296 g/mol. The van der Waals surface area contributed by atoms with Crippen LogP contribution in [0.15, 0.2) is 30.9 Å². The number of anilines is 1. The normalized spacial score (nSPS) is 9.70. The number of halogens is 1. The van der Waals surface area contributed by atoms with Gasteiger partial charge >= 0.3 is 0 Å². The van der Waals surface area contributed by atoms with Gasteiger partial charge in [0.15, 0.2) is 0 Å². The van der Waals surface area contributed by atoms with Crippen LogP contribution in [0.5, 0.6) is 0 Å². The quantitative estimate of drug-likeness (QED) is 0.472. The highest BCUT2D eigenvalue weighted by molar-refractivity contribution is 5.96. The van der Waals surface area contributed by atoms with Gasteiger partial charge in [0, 0.05) is 24.8 Å². The van der Waals surface area contributed by atoms with Gasteiger partial charge in [0.1, 0.15) is 0 Å². The Kier molecular flexibility index (Phi) is 8.73. The standard InChI is InChI=1S/C16H24N2O.ClH/c1-4-5-6-7-8-11-18(3)16(19)15-12-14(17)10-9-13(15)2;/h4,9-10,12H,1,5-8,11,17H2,2-3H3;1H. The molecule has 0 fully saturated rings. The summed E-state index contributed by atoms with van der Waals surface area (Å²) in [6.07, 6.45) is 6.27. The highest BCUT2D eigenvalue weighted by Crippen LogP contribution is 2.15. The van der Waals surface area contributed by atoms with Gasteiger partial charge in [0.25, 0.3) is 5.91 Å². The molecule has 4 heteroatoms. The van der Waals surface area contributed by atoms with Crippen molar-refractivity contribution < 1.29 is 4.79 Å². The fraction of sp³-hybridized carbons (Fsp3) is 0.438. The summed E-state index contributed by atoms with van der Waals surface area (Å²) in [6.45, 7) is 6.42. The summed E-state index contributed by atoms with van der Waals surface area (Å²) in [7, 11) is 1.85. The zero-order chi connectivity index (χ0) is 14.3. The molecule has 0 saturated heterocycles. The van der Waals surface area contributed by atoms with E-state index >= 15 is 0 Å². The molecular formula is C16H25ClN2O. The molecule has 1 amide bonds. The Balaban J connectivity index is 0.00000361. The average Bonchev–Trinajstić information content (AvgIpc) is 2.40. The molecule has 0 radical (unpaired) electrons. The molecule has 0 aliphatic heterocycles. The summed E-state index contributed by atoms with van der Waals surface area (Å²) in [5.74, 6) is 0.0496. The predicted octanol–water partition coefficient (Wildman–Crippen LogP) is 3.82. The van der Waals surface area contributed by atoms with Gasteiger partial charge in [-0.25, -0.2) is 0 Å². The SMILES string of the molecule is C=CCCCCCN(C)C(=O)c1cc(N)ccc1C.Cl. The Morgan fingerprint density at radius 3 is 2.70 bits per heavy atom. The van der Waals surface area contributed by atoms with Crippen molar-refractivity contribution in [3.8, 4) is 0 Å². The minimum Gasteiger partial charge on any atom is -0.399 e. The van der Waals surface area contributed by atoms with E-state index in [1.165, 1.54) is 0 Å². The van der Waals surface area contributed by atoms with Gasteiger partial charge in [-0.15, -0.1) is 19.0 Å². The van der Waals surface area contributed by atoms with E-state index in [9.17, 15) is 4.79 Å². The van der Waals surface area contributed by atoms with E-state index in [0.717, 1.165) is 37.8 Å². The Hall–Kier alpha value is -1.48. The molecule has 0 saturated carbocycles. The van der Waals surface area contributed by atoms with Crippen LogP contribution in [-0.4, -0.2) is 24.4 Å². The maximum absolute atomic E-state index is 12.3. The van der Waals surface area contributed by atoms with Crippen molar-refractivity contribution in [2.45, 2.75) is 32.6 Å². The van der Waals surface area contributed by atoms with Gasteiger partial charge < -0.3 is 10.6 Å². The number of benzene rings is 1. The van der Waals surface area contributed by atoms with Crippen LogP contribution < -0.4 is 5.73 Å². The van der Waals surface area contributed by atoms with E-state index in [1.807, 2.05) is 32.2 Å². The molecule has 112 valence electrons. The van der Waals surface area contributed by atoms with E-state index in [0.29, 0.717) is 11.3 Å². The Labute approximate surface area is 128 Å². The molecule has 0 unspecified atom stereocenters. The van der Waals surface area contributed by atoms with Gasteiger partial charge in [-0.2, -0.15) is 0 Å². The molecule has 0 spiro atoms. The summed E-state index contributed by atoms with van der Waals surface area (Å²) >= 11 is 0. The summed E-state index contributed by atoms with van der Waals surface area (Å²) in [5.41, 5.74) is 8.05. The molecule has 1 aromatic carbocycles. The van der Waals surface area contributed by atoms with Crippen molar-refractivity contribution in [3.05, 3.63) is 42.0 Å². The molecule has 0 aromatic heterocycles. The maximum atomic E-state index is 12.3. The lowest BCUT2D eigenvalue weighted by Gasteiger charge is -2.18. The topological polar surface area (TPSA) is 46.3 Å². The molecular weight excluding hydrogens is 272 g/mol. The van der Waals surface area contributed by atoms with Crippen LogP contribution >= 0.6 is 12.4 Å². The van der Waals surface area contributed by atoms with Gasteiger partial charge in [0.05, 0.1) is 0 Å². The smallest absolute Gasteiger partial charge is 0.253 e. The molecule has 0 aliphatic carbocycles. The van der Waals surface area contributed by atoms with Crippen LogP contribution in [0.2, 0.25) is 0 Å². The average molecular weight is 297 g/mol. The first-order valence-electron chi connectivity index (χ1n) is 6.78. The minimum atomic E-state index is 0. The first kappa shape index (κ1) is 18.5. The number of hydrogen-bond acceptors (Lipinski definition) is 2. The number of unbranched alkanes of at least 4 members (excludes halogenated alkanes) is 3. The van der Waals surface area contributed by atoms with E-state index in [4.69, 9.17) is 5.73 Å². The third kappa shape index (κ3) is 5.66. The first-order valence-corrected chi connectivity index (χ1v) is 6.78. The fourth-order valence-corrected chi connectivity index (χ4v) is 1.99. The number of nitrogens with two attached hydrogens (primary N) is 1. The second-order valence-corrected chi connectivity index (χ2v) is 4.94. The molecule has 3 nitrogen and oxygen atoms in total. The highest BCUT2D eigenvalue weighted by Gasteiger charge is 2.13. The van der Waals surface area contributed by atoms with Crippen LogP contribution in [0.4, 0.5) is 5.69 Å². The second kappa shape index (κ2) is 9.43. The van der Waals surface area contributed by atoms with Crippen molar-refractivity contribution in [1.82, 2.24) is 4.90 Å². The predicted molar refractivity (Wildman–Crippen MR) is 88.5 cm³/mol. The molecule has 0 heterocycles. The van der Waals surface area contributed by atoms with Gasteiger partial charge in [-0.1, -0.05) is 18.6 Å². The van der Waals surface area contributed by atoms with E-state index in [1.54, 1.807) is 11.0 Å². The summed E-state index contributed by atoms with van der Waals surface area (Å²) in [4.78, 5) is 14.1. The maximum Gasteiger partial charge on any atom is 0.253 e. The molecule has 2 N–H and O–H groups in total. The van der Waals surface area contributed by atoms with Gasteiger partial charge in [0.2, 0.25) is 0 Å². The number of amides is 1. The van der Waals surface area contributed by atoms with Gasteiger partial charge in [-0.3, -0.25) is 4.79 Å². The molecule has 1 aromatic rings. The third-order valence-electron chi connectivity index (χ3n) is 3.24. The zero-order valence-electron chi connectivity index (χ0n) is 12.4. The van der Waals surface area contributed by atoms with Crippen LogP contribution in [0.25, 0.3) is 0 Å². The highest BCUT2D eigenvalue weighted by atomic mass is 35.5. The van der Waals surface area contributed by atoms with Crippen molar-refractivity contribution >= 4 is 24.0 Å². The Morgan fingerprint density at radius 1 is 1.35 bits per heavy atom. The third-order valence-corrected chi connectivity index (χ3v) is 3.24. The number of allylic oxidation sites excluding steroid dienone is 1. The van der Waals surface area contributed by atoms with Crippen molar-refractivity contribution in [3.63, 3.8) is 0 Å². The fourth-order valence-electron chi connectivity index (χ4n) is 1.99. The number of nitrogens with zero attached hydrogens (tertiary/aromatic N) is 1. The summed E-state index contributed by atoms with van der Waals surface area (Å²) < 4.78 is 0. The zero-order valence-corrected chi connectivity index (χ0v) is 13.2. The number of carbonyl (C=O) groups excluding carboxylic acids is 1. The Morgan fingerprint density at radius 2 is 2.05 bits per heavy atom. The lowest BCUT2D eigenvalue weighted by Crippen LogP contribution is -2.28. The van der Waals surface area contributed by atoms with E-state index in [2.05, 4.69) is 6.58 Å².